The lowest BCUT2D eigenvalue weighted by molar-refractivity contribution is -0.114. The van der Waals surface area contributed by atoms with Crippen molar-refractivity contribution in [2.24, 2.45) is 0 Å². The second-order valence-corrected chi connectivity index (χ2v) is 5.83. The molecule has 5 nitrogen and oxygen atoms in total. The molecule has 0 saturated heterocycles. The Labute approximate surface area is 139 Å². The molecule has 2 rings (SSSR count). The van der Waals surface area contributed by atoms with Crippen LogP contribution in [0.5, 0.6) is 5.75 Å². The molecular weight excluding hydrogens is 312 g/mol. The molecule has 2 aromatic carbocycles. The fourth-order valence-electron chi connectivity index (χ4n) is 1.91. The van der Waals surface area contributed by atoms with Gasteiger partial charge in [0, 0.05) is 29.3 Å². The quantitative estimate of drug-likeness (QED) is 0.797. The Morgan fingerprint density at radius 3 is 2.43 bits per heavy atom. The van der Waals surface area contributed by atoms with Crippen molar-refractivity contribution >= 4 is 35.0 Å². The van der Waals surface area contributed by atoms with E-state index >= 15 is 0 Å². The van der Waals surface area contributed by atoms with Crippen LogP contribution in [-0.2, 0) is 9.59 Å². The van der Waals surface area contributed by atoms with Crippen LogP contribution in [0.2, 0.25) is 0 Å². The van der Waals surface area contributed by atoms with E-state index in [0.29, 0.717) is 11.4 Å². The monoisotopic (exact) mass is 330 g/mol. The molecule has 2 N–H and O–H groups in total. The van der Waals surface area contributed by atoms with Gasteiger partial charge in [0.15, 0.2) is 0 Å². The van der Waals surface area contributed by atoms with E-state index in [2.05, 4.69) is 10.6 Å². The highest BCUT2D eigenvalue weighted by Gasteiger charge is 2.05. The average molecular weight is 330 g/mol. The summed E-state index contributed by atoms with van der Waals surface area (Å²) >= 11 is 1.40. The van der Waals surface area contributed by atoms with Crippen molar-refractivity contribution in [3.05, 3.63) is 48.5 Å². The Balaban J connectivity index is 1.90. The molecule has 120 valence electrons. The van der Waals surface area contributed by atoms with Gasteiger partial charge in [-0.25, -0.2) is 0 Å². The third-order valence-electron chi connectivity index (χ3n) is 2.88. The van der Waals surface area contributed by atoms with Crippen LogP contribution in [0.3, 0.4) is 0 Å². The molecule has 23 heavy (non-hydrogen) atoms. The number of nitrogens with one attached hydrogen (secondary N) is 2. The number of amides is 2. The summed E-state index contributed by atoms with van der Waals surface area (Å²) in [6, 6.07) is 14.6. The van der Waals surface area contributed by atoms with E-state index in [4.69, 9.17) is 4.74 Å². The number of methoxy groups -OCH3 is 1. The number of hydrogen-bond acceptors (Lipinski definition) is 4. The molecule has 2 amide bonds. The Morgan fingerprint density at radius 1 is 1.04 bits per heavy atom. The Kier molecular flexibility index (Phi) is 6.05. The van der Waals surface area contributed by atoms with E-state index in [9.17, 15) is 9.59 Å². The summed E-state index contributed by atoms with van der Waals surface area (Å²) in [4.78, 5) is 24.0. The van der Waals surface area contributed by atoms with E-state index in [1.807, 2.05) is 42.5 Å². The van der Waals surface area contributed by atoms with Gasteiger partial charge in [-0.15, -0.1) is 11.8 Å². The van der Waals surface area contributed by atoms with Gasteiger partial charge in [-0.2, -0.15) is 0 Å². The van der Waals surface area contributed by atoms with Crippen LogP contribution >= 0.6 is 11.8 Å². The summed E-state index contributed by atoms with van der Waals surface area (Å²) in [6.45, 7) is 1.46. The lowest BCUT2D eigenvalue weighted by Gasteiger charge is -2.08. The maximum atomic E-state index is 12.0. The molecular formula is C17H18N2O3S. The first-order valence-electron chi connectivity index (χ1n) is 7.01. The van der Waals surface area contributed by atoms with Crippen LogP contribution in [0.1, 0.15) is 6.92 Å². The highest BCUT2D eigenvalue weighted by atomic mass is 32.2. The molecule has 0 aliphatic heterocycles. The van der Waals surface area contributed by atoms with Crippen molar-refractivity contribution in [2.75, 3.05) is 23.5 Å². The minimum atomic E-state index is -0.122. The van der Waals surface area contributed by atoms with Crippen molar-refractivity contribution in [1.29, 1.82) is 0 Å². The molecule has 0 unspecified atom stereocenters. The molecule has 0 spiro atoms. The zero-order valence-corrected chi connectivity index (χ0v) is 13.8. The summed E-state index contributed by atoms with van der Waals surface area (Å²) < 4.78 is 5.12. The lowest BCUT2D eigenvalue weighted by Crippen LogP contribution is -2.14. The second-order valence-electron chi connectivity index (χ2n) is 4.78. The van der Waals surface area contributed by atoms with Crippen LogP contribution in [0.25, 0.3) is 0 Å². The van der Waals surface area contributed by atoms with Crippen LogP contribution in [0.4, 0.5) is 11.4 Å². The molecule has 0 saturated carbocycles. The van der Waals surface area contributed by atoms with Crippen LogP contribution < -0.4 is 15.4 Å². The number of ether oxygens (including phenoxy) is 1. The lowest BCUT2D eigenvalue weighted by atomic mass is 10.3. The standard InChI is InChI=1S/C17H18N2O3S/c1-12(20)18-14-6-4-8-16(10-14)23-11-17(21)19-13-5-3-7-15(9-13)22-2/h3-10H,11H2,1-2H3,(H,18,20)(H,19,21). The Morgan fingerprint density at radius 2 is 1.74 bits per heavy atom. The van der Waals surface area contributed by atoms with Gasteiger partial charge in [-0.3, -0.25) is 9.59 Å². The van der Waals surface area contributed by atoms with Gasteiger partial charge >= 0.3 is 0 Å². The number of benzene rings is 2. The second kappa shape index (κ2) is 8.24. The summed E-state index contributed by atoms with van der Waals surface area (Å²) in [7, 11) is 1.58. The van der Waals surface area contributed by atoms with E-state index in [1.165, 1.54) is 18.7 Å². The smallest absolute Gasteiger partial charge is 0.234 e. The predicted octanol–water partition coefficient (Wildman–Crippen LogP) is 3.38. The maximum absolute atomic E-state index is 12.0. The fourth-order valence-corrected chi connectivity index (χ4v) is 2.67. The molecule has 0 aromatic heterocycles. The highest BCUT2D eigenvalue weighted by Crippen LogP contribution is 2.22. The SMILES string of the molecule is COc1cccc(NC(=O)CSc2cccc(NC(C)=O)c2)c1. The van der Waals surface area contributed by atoms with Crippen LogP contribution in [0, 0.1) is 0 Å². The maximum Gasteiger partial charge on any atom is 0.234 e. The van der Waals surface area contributed by atoms with Gasteiger partial charge in [0.2, 0.25) is 11.8 Å². The van der Waals surface area contributed by atoms with Gasteiger partial charge in [0.1, 0.15) is 5.75 Å². The average Bonchev–Trinajstić information content (AvgIpc) is 2.53. The van der Waals surface area contributed by atoms with Gasteiger partial charge in [0.05, 0.1) is 12.9 Å². The third kappa shape index (κ3) is 5.67. The summed E-state index contributed by atoms with van der Waals surface area (Å²) in [5, 5.41) is 5.54. The molecule has 0 atom stereocenters. The minimum Gasteiger partial charge on any atom is -0.497 e. The largest absolute Gasteiger partial charge is 0.497 e. The van der Waals surface area contributed by atoms with E-state index in [1.54, 1.807) is 13.2 Å². The summed E-state index contributed by atoms with van der Waals surface area (Å²) in [6.07, 6.45) is 0. The molecule has 0 aliphatic rings. The van der Waals surface area contributed by atoms with Crippen molar-refractivity contribution in [1.82, 2.24) is 0 Å². The van der Waals surface area contributed by atoms with Gasteiger partial charge in [0.25, 0.3) is 0 Å². The van der Waals surface area contributed by atoms with Crippen molar-refractivity contribution in [2.45, 2.75) is 11.8 Å². The third-order valence-corrected chi connectivity index (χ3v) is 3.87. The number of carbonyl (C=O) groups excluding carboxylic acids is 2. The zero-order chi connectivity index (χ0) is 16.7. The van der Waals surface area contributed by atoms with Gasteiger partial charge in [-0.05, 0) is 30.3 Å². The number of carbonyl (C=O) groups is 2. The van der Waals surface area contributed by atoms with E-state index < -0.39 is 0 Å². The molecule has 0 heterocycles. The van der Waals surface area contributed by atoms with E-state index in [0.717, 1.165) is 10.6 Å². The topological polar surface area (TPSA) is 67.4 Å². The van der Waals surface area contributed by atoms with Crippen molar-refractivity contribution in [3.8, 4) is 5.75 Å². The summed E-state index contributed by atoms with van der Waals surface area (Å²) in [5.41, 5.74) is 1.41. The Bertz CT molecular complexity index is 704. The molecule has 0 radical (unpaired) electrons. The zero-order valence-electron chi connectivity index (χ0n) is 13.0. The summed E-state index contributed by atoms with van der Waals surface area (Å²) in [5.74, 6) is 0.746. The van der Waals surface area contributed by atoms with Gasteiger partial charge < -0.3 is 15.4 Å². The number of hydrogen-bond donors (Lipinski definition) is 2. The van der Waals surface area contributed by atoms with Crippen LogP contribution in [0.15, 0.2) is 53.4 Å². The molecule has 2 aromatic rings. The number of anilines is 2. The Hall–Kier alpha value is -2.47. The van der Waals surface area contributed by atoms with Crippen molar-refractivity contribution < 1.29 is 14.3 Å². The van der Waals surface area contributed by atoms with E-state index in [-0.39, 0.29) is 17.6 Å². The number of rotatable bonds is 6. The first-order chi connectivity index (χ1) is 11.1. The predicted molar refractivity (Wildman–Crippen MR) is 93.1 cm³/mol. The minimum absolute atomic E-state index is 0.104. The fraction of sp³-hybridized carbons (Fsp3) is 0.176. The molecule has 6 heteroatoms. The normalized spacial score (nSPS) is 10.0. The molecule has 0 bridgehead atoms. The molecule has 0 fully saturated rings. The highest BCUT2D eigenvalue weighted by molar-refractivity contribution is 8.00. The first kappa shape index (κ1) is 16.9. The van der Waals surface area contributed by atoms with Crippen molar-refractivity contribution in [3.63, 3.8) is 0 Å². The molecule has 0 aliphatic carbocycles. The van der Waals surface area contributed by atoms with Gasteiger partial charge in [-0.1, -0.05) is 12.1 Å². The number of thioether (sulfide) groups is 1. The first-order valence-corrected chi connectivity index (χ1v) is 8.00. The van der Waals surface area contributed by atoms with Crippen LogP contribution in [-0.4, -0.2) is 24.7 Å².